The fourth-order valence-electron chi connectivity index (χ4n) is 11.2. The molecule has 0 amide bonds. The highest BCUT2D eigenvalue weighted by Gasteiger charge is 2.21. The van der Waals surface area contributed by atoms with Crippen molar-refractivity contribution in [3.05, 3.63) is 273 Å². The van der Waals surface area contributed by atoms with E-state index in [0.29, 0.717) is 0 Å². The number of hydrogen-bond acceptors (Lipinski definition) is 2. The van der Waals surface area contributed by atoms with Gasteiger partial charge in [0.1, 0.15) is 11.2 Å². The van der Waals surface area contributed by atoms with Gasteiger partial charge in [0.25, 0.3) is 0 Å². The quantitative estimate of drug-likeness (QED) is 0.141. The second-order valence-corrected chi connectivity index (χ2v) is 18.8. The SMILES string of the molecule is c1ccc(-c2c(-c3ccccc3)c3cc(-c4cccc(N(c5ccc(-c6cccc7oc8c9ccccc9ccc8c67)cc5)c5cccc(-c6ccc7ccccc7c6)c5)c4)ccc3c3ccccc23)cc1. The van der Waals surface area contributed by atoms with Crippen molar-refractivity contribution in [2.45, 2.75) is 0 Å². The first-order chi connectivity index (χ1) is 35.7. The Morgan fingerprint density at radius 2 is 0.750 bits per heavy atom. The Balaban J connectivity index is 0.931. The summed E-state index contributed by atoms with van der Waals surface area (Å²) in [6, 6.07) is 99.3. The molecule has 14 rings (SSSR count). The minimum atomic E-state index is 0.890. The van der Waals surface area contributed by atoms with Crippen LogP contribution in [0.5, 0.6) is 0 Å². The van der Waals surface area contributed by atoms with E-state index in [1.807, 2.05) is 0 Å². The molecule has 0 aliphatic heterocycles. The third-order valence-electron chi connectivity index (χ3n) is 14.6. The van der Waals surface area contributed by atoms with Crippen LogP contribution >= 0.6 is 0 Å². The van der Waals surface area contributed by atoms with Gasteiger partial charge in [-0.2, -0.15) is 0 Å². The normalized spacial score (nSPS) is 11.6. The Morgan fingerprint density at radius 1 is 0.250 bits per heavy atom. The average Bonchev–Trinajstić information content (AvgIpc) is 3.85. The molecule has 0 atom stereocenters. The van der Waals surface area contributed by atoms with E-state index in [9.17, 15) is 0 Å². The van der Waals surface area contributed by atoms with Crippen molar-refractivity contribution in [3.63, 3.8) is 0 Å². The van der Waals surface area contributed by atoms with Crippen LogP contribution in [0.25, 0.3) is 121 Å². The third kappa shape index (κ3) is 7.03. The number of furan rings is 1. The Bertz CT molecular complexity index is 4380. The molecule has 13 aromatic carbocycles. The van der Waals surface area contributed by atoms with Crippen LogP contribution in [0.2, 0.25) is 0 Å². The molecule has 1 aromatic heterocycles. The molecular formula is C70H45NO. The summed E-state index contributed by atoms with van der Waals surface area (Å²) in [6.07, 6.45) is 0. The van der Waals surface area contributed by atoms with Gasteiger partial charge in [-0.3, -0.25) is 0 Å². The molecule has 14 aromatic rings. The molecular weight excluding hydrogens is 871 g/mol. The fourth-order valence-corrected chi connectivity index (χ4v) is 11.2. The van der Waals surface area contributed by atoms with Gasteiger partial charge >= 0.3 is 0 Å². The summed E-state index contributed by atoms with van der Waals surface area (Å²) >= 11 is 0. The molecule has 0 saturated carbocycles. The second-order valence-electron chi connectivity index (χ2n) is 18.8. The van der Waals surface area contributed by atoms with Crippen LogP contribution in [0.3, 0.4) is 0 Å². The van der Waals surface area contributed by atoms with Crippen molar-refractivity contribution >= 4 is 82.1 Å². The first kappa shape index (κ1) is 41.5. The van der Waals surface area contributed by atoms with E-state index < -0.39 is 0 Å². The molecule has 72 heavy (non-hydrogen) atoms. The summed E-state index contributed by atoms with van der Waals surface area (Å²) in [5.41, 5.74) is 16.8. The number of benzene rings is 13. The lowest BCUT2D eigenvalue weighted by Gasteiger charge is -2.27. The average molecular weight is 916 g/mol. The van der Waals surface area contributed by atoms with Gasteiger partial charge in [-0.25, -0.2) is 0 Å². The lowest BCUT2D eigenvalue weighted by atomic mass is 9.84. The number of rotatable bonds is 8. The monoisotopic (exact) mass is 915 g/mol. The molecule has 0 radical (unpaired) electrons. The molecule has 0 saturated heterocycles. The second kappa shape index (κ2) is 17.2. The molecule has 0 N–H and O–H groups in total. The summed E-state index contributed by atoms with van der Waals surface area (Å²) in [5, 5.41) is 12.0. The van der Waals surface area contributed by atoms with Crippen LogP contribution in [-0.2, 0) is 0 Å². The maximum atomic E-state index is 6.61. The molecule has 2 nitrogen and oxygen atoms in total. The van der Waals surface area contributed by atoms with E-state index in [2.05, 4.69) is 278 Å². The smallest absolute Gasteiger partial charge is 0.143 e. The first-order valence-corrected chi connectivity index (χ1v) is 24.7. The molecule has 336 valence electrons. The van der Waals surface area contributed by atoms with Gasteiger partial charge in [-0.1, -0.05) is 212 Å². The zero-order chi connectivity index (χ0) is 47.5. The van der Waals surface area contributed by atoms with Crippen molar-refractivity contribution < 1.29 is 4.42 Å². The Kier molecular flexibility index (Phi) is 9.89. The largest absolute Gasteiger partial charge is 0.455 e. The summed E-state index contributed by atoms with van der Waals surface area (Å²) in [7, 11) is 0. The Labute approximate surface area is 417 Å². The van der Waals surface area contributed by atoms with Crippen LogP contribution < -0.4 is 4.90 Å². The Hall–Kier alpha value is -9.50. The highest BCUT2D eigenvalue weighted by Crippen LogP contribution is 2.47. The van der Waals surface area contributed by atoms with E-state index in [1.54, 1.807) is 0 Å². The molecule has 0 aliphatic carbocycles. The predicted molar refractivity (Wildman–Crippen MR) is 306 cm³/mol. The summed E-state index contributed by atoms with van der Waals surface area (Å²) in [5.74, 6) is 0. The van der Waals surface area contributed by atoms with Crippen LogP contribution in [0.15, 0.2) is 277 Å². The van der Waals surface area contributed by atoms with E-state index in [-0.39, 0.29) is 0 Å². The van der Waals surface area contributed by atoms with E-state index in [0.717, 1.165) is 72.2 Å². The van der Waals surface area contributed by atoms with Crippen molar-refractivity contribution in [2.24, 2.45) is 0 Å². The van der Waals surface area contributed by atoms with Crippen LogP contribution in [0.1, 0.15) is 0 Å². The standard InChI is InChI=1S/C70H45NO/c1-3-18-49(19-4-1)67-63-29-12-11-28-61(63)62-40-37-55(45-65(62)68(67)50-20-5-2-6-21-50)53-24-14-26-58(44-53)71(57-25-13-23-52(43-57)54-33-32-46-16-7-8-22-51(46)42-54)56-38-34-48(35-39-56)59-30-15-31-66-69(59)64-41-36-47-17-9-10-27-60(47)70(64)72-66/h1-45H. The highest BCUT2D eigenvalue weighted by molar-refractivity contribution is 6.22. The van der Waals surface area contributed by atoms with Gasteiger partial charge < -0.3 is 9.32 Å². The van der Waals surface area contributed by atoms with Crippen molar-refractivity contribution in [2.75, 3.05) is 4.90 Å². The highest BCUT2D eigenvalue weighted by atomic mass is 16.3. The molecule has 0 bridgehead atoms. The number of nitrogens with zero attached hydrogens (tertiary/aromatic N) is 1. The predicted octanol–water partition coefficient (Wildman–Crippen LogP) is 20.0. The maximum absolute atomic E-state index is 6.61. The maximum Gasteiger partial charge on any atom is 0.143 e. The molecule has 0 aliphatic rings. The molecule has 0 spiro atoms. The molecule has 0 unspecified atom stereocenters. The summed E-state index contributed by atoms with van der Waals surface area (Å²) in [4.78, 5) is 2.40. The first-order valence-electron chi connectivity index (χ1n) is 24.7. The molecule has 1 heterocycles. The number of hydrogen-bond donors (Lipinski definition) is 0. The third-order valence-corrected chi connectivity index (χ3v) is 14.6. The van der Waals surface area contributed by atoms with E-state index >= 15 is 0 Å². The van der Waals surface area contributed by atoms with Crippen molar-refractivity contribution in [3.8, 4) is 55.6 Å². The Morgan fingerprint density at radius 3 is 1.47 bits per heavy atom. The van der Waals surface area contributed by atoms with Crippen LogP contribution in [0.4, 0.5) is 17.1 Å². The summed E-state index contributed by atoms with van der Waals surface area (Å²) < 4.78 is 6.61. The van der Waals surface area contributed by atoms with Crippen molar-refractivity contribution in [1.29, 1.82) is 0 Å². The zero-order valence-electron chi connectivity index (χ0n) is 39.3. The van der Waals surface area contributed by atoms with E-state index in [1.165, 1.54) is 65.5 Å². The van der Waals surface area contributed by atoms with Gasteiger partial charge in [-0.15, -0.1) is 0 Å². The minimum Gasteiger partial charge on any atom is -0.455 e. The van der Waals surface area contributed by atoms with E-state index in [4.69, 9.17) is 4.42 Å². The zero-order valence-corrected chi connectivity index (χ0v) is 39.3. The lowest BCUT2D eigenvalue weighted by molar-refractivity contribution is 0.673. The van der Waals surface area contributed by atoms with Gasteiger partial charge in [-0.05, 0) is 154 Å². The van der Waals surface area contributed by atoms with Gasteiger partial charge in [0.05, 0.1) is 0 Å². The molecule has 2 heteroatoms. The topological polar surface area (TPSA) is 16.4 Å². The number of fused-ring (bicyclic) bond motifs is 9. The van der Waals surface area contributed by atoms with Gasteiger partial charge in [0.2, 0.25) is 0 Å². The molecule has 0 fully saturated rings. The van der Waals surface area contributed by atoms with Crippen LogP contribution in [-0.4, -0.2) is 0 Å². The van der Waals surface area contributed by atoms with Gasteiger partial charge in [0.15, 0.2) is 0 Å². The minimum absolute atomic E-state index is 0.890. The summed E-state index contributed by atoms with van der Waals surface area (Å²) in [6.45, 7) is 0. The number of anilines is 3. The van der Waals surface area contributed by atoms with Gasteiger partial charge in [0, 0.05) is 33.2 Å². The fraction of sp³-hybridized carbons (Fsp3) is 0. The lowest BCUT2D eigenvalue weighted by Crippen LogP contribution is -2.10. The van der Waals surface area contributed by atoms with Crippen molar-refractivity contribution in [1.82, 2.24) is 0 Å². The van der Waals surface area contributed by atoms with Crippen LogP contribution in [0, 0.1) is 0 Å².